The molecule has 0 bridgehead atoms. The highest BCUT2D eigenvalue weighted by molar-refractivity contribution is 9.10. The molecule has 2 aromatic carbocycles. The third-order valence-corrected chi connectivity index (χ3v) is 4.63. The number of nitrogens with zero attached hydrogens (tertiary/aromatic N) is 2. The highest BCUT2D eigenvalue weighted by Gasteiger charge is 2.17. The van der Waals surface area contributed by atoms with E-state index in [1.165, 1.54) is 23.4 Å². The van der Waals surface area contributed by atoms with E-state index in [-0.39, 0.29) is 12.1 Å². The summed E-state index contributed by atoms with van der Waals surface area (Å²) in [4.78, 5) is 25.7. The summed E-state index contributed by atoms with van der Waals surface area (Å²) in [6.07, 6.45) is 0. The lowest BCUT2D eigenvalue weighted by Gasteiger charge is -2.14. The van der Waals surface area contributed by atoms with Crippen molar-refractivity contribution in [2.75, 3.05) is 14.2 Å². The van der Waals surface area contributed by atoms with Crippen LogP contribution in [0.15, 0.2) is 50.5 Å². The van der Waals surface area contributed by atoms with E-state index in [0.717, 1.165) is 10.0 Å². The van der Waals surface area contributed by atoms with Gasteiger partial charge >= 0.3 is 5.69 Å². The SMILES string of the molecule is COc1cc(OC)c2c(=O)n(Cc3ccc(Br)cc3)c(=O)n(C)c2c1. The number of ether oxygens (including phenoxy) is 2. The van der Waals surface area contributed by atoms with Crippen molar-refractivity contribution in [1.82, 2.24) is 9.13 Å². The van der Waals surface area contributed by atoms with Gasteiger partial charge in [0.2, 0.25) is 0 Å². The molecule has 0 aliphatic heterocycles. The lowest BCUT2D eigenvalue weighted by Crippen LogP contribution is -2.39. The molecule has 25 heavy (non-hydrogen) atoms. The number of benzene rings is 2. The normalized spacial score (nSPS) is 10.9. The van der Waals surface area contributed by atoms with E-state index in [9.17, 15) is 9.59 Å². The van der Waals surface area contributed by atoms with Crippen LogP contribution in [0.2, 0.25) is 0 Å². The molecule has 0 spiro atoms. The number of halogens is 1. The molecule has 0 atom stereocenters. The van der Waals surface area contributed by atoms with Gasteiger partial charge in [0.05, 0.1) is 26.3 Å². The van der Waals surface area contributed by atoms with Gasteiger partial charge in [0.1, 0.15) is 16.9 Å². The zero-order valence-corrected chi connectivity index (χ0v) is 15.7. The fourth-order valence-corrected chi connectivity index (χ4v) is 3.02. The summed E-state index contributed by atoms with van der Waals surface area (Å²) in [5.41, 5.74) is 0.545. The Labute approximate surface area is 152 Å². The summed E-state index contributed by atoms with van der Waals surface area (Å²) >= 11 is 3.37. The van der Waals surface area contributed by atoms with Crippen molar-refractivity contribution in [1.29, 1.82) is 0 Å². The number of aryl methyl sites for hydroxylation is 1. The Bertz CT molecular complexity index is 1050. The summed E-state index contributed by atoms with van der Waals surface area (Å²) in [7, 11) is 4.63. The molecule has 1 heterocycles. The van der Waals surface area contributed by atoms with Crippen molar-refractivity contribution in [3.8, 4) is 11.5 Å². The summed E-state index contributed by atoms with van der Waals surface area (Å²) in [6, 6.07) is 10.8. The van der Waals surface area contributed by atoms with Gasteiger partial charge < -0.3 is 9.47 Å². The Hall–Kier alpha value is -2.54. The molecular formula is C18H17BrN2O4. The third kappa shape index (κ3) is 3.07. The zero-order valence-electron chi connectivity index (χ0n) is 14.1. The number of methoxy groups -OCH3 is 2. The molecule has 0 fully saturated rings. The molecule has 0 saturated carbocycles. The van der Waals surface area contributed by atoms with Gasteiger partial charge in [0, 0.05) is 23.7 Å². The number of hydrogen-bond donors (Lipinski definition) is 0. The van der Waals surface area contributed by atoms with Crippen molar-refractivity contribution in [3.63, 3.8) is 0 Å². The van der Waals surface area contributed by atoms with Crippen LogP contribution < -0.4 is 20.7 Å². The highest BCUT2D eigenvalue weighted by Crippen LogP contribution is 2.27. The fourth-order valence-electron chi connectivity index (χ4n) is 2.75. The maximum atomic E-state index is 13.0. The van der Waals surface area contributed by atoms with E-state index in [4.69, 9.17) is 9.47 Å². The van der Waals surface area contributed by atoms with E-state index in [0.29, 0.717) is 22.4 Å². The van der Waals surface area contributed by atoms with Gasteiger partial charge in [-0.25, -0.2) is 4.79 Å². The molecule has 3 rings (SSSR count). The standard InChI is InChI=1S/C18H17BrN2O4/c1-20-14-8-13(24-2)9-15(25-3)16(14)17(22)21(18(20)23)10-11-4-6-12(19)7-5-11/h4-9H,10H2,1-3H3. The zero-order chi connectivity index (χ0) is 18.1. The van der Waals surface area contributed by atoms with E-state index in [1.54, 1.807) is 19.2 Å². The molecular weight excluding hydrogens is 388 g/mol. The van der Waals surface area contributed by atoms with E-state index < -0.39 is 5.69 Å². The second kappa shape index (κ2) is 6.76. The molecule has 130 valence electrons. The second-order valence-electron chi connectivity index (χ2n) is 5.58. The van der Waals surface area contributed by atoms with E-state index in [1.807, 2.05) is 24.3 Å². The Balaban J connectivity index is 2.28. The first-order valence-corrected chi connectivity index (χ1v) is 8.35. The largest absolute Gasteiger partial charge is 0.497 e. The average Bonchev–Trinajstić information content (AvgIpc) is 2.63. The summed E-state index contributed by atoms with van der Waals surface area (Å²) in [5.74, 6) is 0.893. The lowest BCUT2D eigenvalue weighted by molar-refractivity contribution is 0.397. The summed E-state index contributed by atoms with van der Waals surface area (Å²) in [6.45, 7) is 0.184. The first-order chi connectivity index (χ1) is 12.0. The van der Waals surface area contributed by atoms with Gasteiger partial charge in [-0.1, -0.05) is 28.1 Å². The first kappa shape index (κ1) is 17.3. The van der Waals surface area contributed by atoms with Crippen LogP contribution in [0.3, 0.4) is 0 Å². The van der Waals surface area contributed by atoms with Crippen LogP contribution in [0.25, 0.3) is 10.9 Å². The third-order valence-electron chi connectivity index (χ3n) is 4.10. The number of rotatable bonds is 4. The predicted molar refractivity (Wildman–Crippen MR) is 99.8 cm³/mol. The molecule has 6 nitrogen and oxygen atoms in total. The highest BCUT2D eigenvalue weighted by atomic mass is 79.9. The molecule has 0 saturated heterocycles. The van der Waals surface area contributed by atoms with Crippen LogP contribution in [0.1, 0.15) is 5.56 Å². The van der Waals surface area contributed by atoms with Crippen LogP contribution >= 0.6 is 15.9 Å². The topological polar surface area (TPSA) is 62.5 Å². The summed E-state index contributed by atoms with van der Waals surface area (Å²) in [5, 5.41) is 0.350. The van der Waals surface area contributed by atoms with Crippen LogP contribution in [0, 0.1) is 0 Å². The molecule has 7 heteroatoms. The fraction of sp³-hybridized carbons (Fsp3) is 0.222. The van der Waals surface area contributed by atoms with Crippen LogP contribution in [0.5, 0.6) is 11.5 Å². The average molecular weight is 405 g/mol. The number of hydrogen-bond acceptors (Lipinski definition) is 4. The maximum Gasteiger partial charge on any atom is 0.331 e. The second-order valence-corrected chi connectivity index (χ2v) is 6.50. The number of aromatic nitrogens is 2. The Morgan fingerprint density at radius 3 is 2.32 bits per heavy atom. The smallest absolute Gasteiger partial charge is 0.331 e. The van der Waals surface area contributed by atoms with Gasteiger partial charge in [0.15, 0.2) is 0 Å². The first-order valence-electron chi connectivity index (χ1n) is 7.56. The molecule has 0 aliphatic rings. The lowest BCUT2D eigenvalue weighted by atomic mass is 10.2. The van der Waals surface area contributed by atoms with Gasteiger partial charge in [-0.05, 0) is 17.7 Å². The van der Waals surface area contributed by atoms with Crippen molar-refractivity contribution < 1.29 is 9.47 Å². The predicted octanol–water partition coefficient (Wildman–Crippen LogP) is 2.53. The number of fused-ring (bicyclic) bond motifs is 1. The van der Waals surface area contributed by atoms with Gasteiger partial charge in [-0.15, -0.1) is 0 Å². The molecule has 0 N–H and O–H groups in total. The van der Waals surface area contributed by atoms with Crippen LogP contribution in [-0.4, -0.2) is 23.4 Å². The minimum Gasteiger partial charge on any atom is -0.497 e. The van der Waals surface area contributed by atoms with Crippen LogP contribution in [0.4, 0.5) is 0 Å². The van der Waals surface area contributed by atoms with Crippen molar-refractivity contribution in [3.05, 3.63) is 67.3 Å². The molecule has 3 aromatic rings. The van der Waals surface area contributed by atoms with Gasteiger partial charge in [-0.2, -0.15) is 0 Å². The molecule has 1 aromatic heterocycles. The minimum absolute atomic E-state index is 0.184. The van der Waals surface area contributed by atoms with E-state index in [2.05, 4.69) is 15.9 Å². The van der Waals surface area contributed by atoms with Crippen molar-refractivity contribution in [2.24, 2.45) is 7.05 Å². The Kier molecular flexibility index (Phi) is 4.67. The minimum atomic E-state index is -0.393. The van der Waals surface area contributed by atoms with Crippen molar-refractivity contribution >= 4 is 26.8 Å². The van der Waals surface area contributed by atoms with Crippen molar-refractivity contribution in [2.45, 2.75) is 6.54 Å². The molecule has 0 amide bonds. The molecule has 0 radical (unpaired) electrons. The Morgan fingerprint density at radius 2 is 1.72 bits per heavy atom. The molecule has 0 aliphatic carbocycles. The maximum absolute atomic E-state index is 13.0. The van der Waals surface area contributed by atoms with Gasteiger partial charge in [0.25, 0.3) is 5.56 Å². The monoisotopic (exact) mass is 404 g/mol. The van der Waals surface area contributed by atoms with Gasteiger partial charge in [-0.3, -0.25) is 13.9 Å². The van der Waals surface area contributed by atoms with E-state index >= 15 is 0 Å². The molecule has 0 unspecified atom stereocenters. The van der Waals surface area contributed by atoms with Crippen LogP contribution in [-0.2, 0) is 13.6 Å². The summed E-state index contributed by atoms with van der Waals surface area (Å²) < 4.78 is 14.2. The quantitative estimate of drug-likeness (QED) is 0.670. The Morgan fingerprint density at radius 1 is 1.04 bits per heavy atom.